The van der Waals surface area contributed by atoms with Crippen LogP contribution in [0.2, 0.25) is 0 Å². The number of carbonyl (C=O) groups is 1. The molecular formula is C12H15F3O7S. The van der Waals surface area contributed by atoms with Crippen LogP contribution in [0.25, 0.3) is 0 Å². The Bertz CT molecular complexity index is 639. The van der Waals surface area contributed by atoms with Crippen molar-refractivity contribution in [2.45, 2.75) is 6.92 Å². The quantitative estimate of drug-likeness (QED) is 0.460. The van der Waals surface area contributed by atoms with Crippen molar-refractivity contribution < 1.29 is 45.5 Å². The standard InChI is InChI=1S/C11H11F3O4.CH4O3S/c1-2-17-10-8(13)6(5-7(12)9(10)14)11(16)18-4-3-15;1-5(2,3)4/h5,15H,2-4H2,1H3;1H3,(H,2,3,4). The average molecular weight is 360 g/mol. The van der Waals surface area contributed by atoms with Crippen LogP contribution < -0.4 is 4.74 Å². The van der Waals surface area contributed by atoms with E-state index in [1.165, 1.54) is 6.92 Å². The minimum Gasteiger partial charge on any atom is -0.488 e. The SMILES string of the molecule is CCOc1c(F)c(F)cc(C(=O)OCCO)c1F.CS(=O)(=O)O. The maximum Gasteiger partial charge on any atom is 0.341 e. The number of benzene rings is 1. The van der Waals surface area contributed by atoms with E-state index in [9.17, 15) is 26.4 Å². The zero-order valence-corrected chi connectivity index (χ0v) is 13.0. The summed E-state index contributed by atoms with van der Waals surface area (Å²) >= 11 is 0. The normalized spacial score (nSPS) is 10.6. The highest BCUT2D eigenvalue weighted by atomic mass is 32.2. The molecule has 0 aliphatic carbocycles. The predicted molar refractivity (Wildman–Crippen MR) is 72.3 cm³/mol. The van der Waals surface area contributed by atoms with Gasteiger partial charge in [0, 0.05) is 0 Å². The van der Waals surface area contributed by atoms with Gasteiger partial charge in [0.2, 0.25) is 5.82 Å². The molecule has 1 aromatic carbocycles. The lowest BCUT2D eigenvalue weighted by molar-refractivity contribution is 0.0426. The lowest BCUT2D eigenvalue weighted by Crippen LogP contribution is -2.13. The number of aliphatic hydroxyl groups excluding tert-OH is 1. The van der Waals surface area contributed by atoms with Gasteiger partial charge in [-0.05, 0) is 13.0 Å². The molecule has 0 aromatic heterocycles. The summed E-state index contributed by atoms with van der Waals surface area (Å²) in [6.45, 7) is 0.520. The highest BCUT2D eigenvalue weighted by Crippen LogP contribution is 2.27. The molecule has 7 nitrogen and oxygen atoms in total. The molecule has 0 aliphatic rings. The van der Waals surface area contributed by atoms with Crippen molar-refractivity contribution >= 4 is 16.1 Å². The fourth-order valence-corrected chi connectivity index (χ4v) is 1.22. The fourth-order valence-electron chi connectivity index (χ4n) is 1.22. The second-order valence-corrected chi connectivity index (χ2v) is 5.35. The Labute approximate surface area is 130 Å². The summed E-state index contributed by atoms with van der Waals surface area (Å²) in [5.41, 5.74) is -0.786. The summed E-state index contributed by atoms with van der Waals surface area (Å²) in [6, 6.07) is 0.382. The molecule has 0 bridgehead atoms. The van der Waals surface area contributed by atoms with Crippen molar-refractivity contribution in [1.29, 1.82) is 0 Å². The predicted octanol–water partition coefficient (Wildman–Crippen LogP) is 1.16. The molecular weight excluding hydrogens is 345 g/mol. The molecule has 0 unspecified atom stereocenters. The molecule has 1 aromatic rings. The van der Waals surface area contributed by atoms with Crippen LogP contribution in [0.4, 0.5) is 13.2 Å². The van der Waals surface area contributed by atoms with Gasteiger partial charge in [-0.1, -0.05) is 0 Å². The molecule has 23 heavy (non-hydrogen) atoms. The summed E-state index contributed by atoms with van der Waals surface area (Å²) in [4.78, 5) is 11.3. The summed E-state index contributed by atoms with van der Waals surface area (Å²) in [5, 5.41) is 8.44. The Kier molecular flexibility index (Phi) is 8.58. The van der Waals surface area contributed by atoms with Gasteiger partial charge < -0.3 is 14.6 Å². The summed E-state index contributed by atoms with van der Waals surface area (Å²) < 4.78 is 74.9. The molecule has 1 rings (SSSR count). The van der Waals surface area contributed by atoms with E-state index in [2.05, 4.69) is 9.47 Å². The van der Waals surface area contributed by atoms with Gasteiger partial charge in [-0.3, -0.25) is 4.55 Å². The summed E-state index contributed by atoms with van der Waals surface area (Å²) in [5.74, 6) is -6.43. The highest BCUT2D eigenvalue weighted by Gasteiger charge is 2.24. The maximum absolute atomic E-state index is 13.7. The van der Waals surface area contributed by atoms with Crippen LogP contribution >= 0.6 is 0 Å². The Morgan fingerprint density at radius 1 is 1.26 bits per heavy atom. The van der Waals surface area contributed by atoms with Gasteiger partial charge in [-0.2, -0.15) is 12.8 Å². The van der Waals surface area contributed by atoms with E-state index < -0.39 is 51.5 Å². The van der Waals surface area contributed by atoms with Crippen molar-refractivity contribution in [3.63, 3.8) is 0 Å². The molecule has 0 spiro atoms. The Hall–Kier alpha value is -1.85. The van der Waals surface area contributed by atoms with E-state index in [4.69, 9.17) is 9.66 Å². The molecule has 2 N–H and O–H groups in total. The average Bonchev–Trinajstić information content (AvgIpc) is 2.43. The van der Waals surface area contributed by atoms with Crippen LogP contribution in [0.15, 0.2) is 6.07 Å². The number of rotatable bonds is 5. The molecule has 0 saturated carbocycles. The van der Waals surface area contributed by atoms with Gasteiger partial charge in [0.25, 0.3) is 10.1 Å². The number of hydrogen-bond acceptors (Lipinski definition) is 6. The molecule has 0 amide bonds. The number of ether oxygens (including phenoxy) is 2. The van der Waals surface area contributed by atoms with Crippen molar-refractivity contribution in [2.75, 3.05) is 26.1 Å². The second-order valence-electron chi connectivity index (χ2n) is 3.89. The minimum absolute atomic E-state index is 0.0948. The van der Waals surface area contributed by atoms with Crippen LogP contribution in [0.1, 0.15) is 17.3 Å². The third-order valence-corrected chi connectivity index (χ3v) is 1.95. The van der Waals surface area contributed by atoms with Gasteiger partial charge >= 0.3 is 5.97 Å². The molecule has 0 saturated heterocycles. The van der Waals surface area contributed by atoms with Crippen LogP contribution in [0.5, 0.6) is 5.75 Å². The molecule has 0 atom stereocenters. The molecule has 0 radical (unpaired) electrons. The first-order chi connectivity index (χ1) is 10.5. The van der Waals surface area contributed by atoms with E-state index in [0.29, 0.717) is 12.3 Å². The van der Waals surface area contributed by atoms with Gasteiger partial charge in [0.15, 0.2) is 17.4 Å². The molecule has 11 heteroatoms. The van der Waals surface area contributed by atoms with E-state index in [1.54, 1.807) is 0 Å². The first-order valence-electron chi connectivity index (χ1n) is 6.03. The van der Waals surface area contributed by atoms with Crippen molar-refractivity contribution in [3.05, 3.63) is 29.1 Å². The zero-order chi connectivity index (χ0) is 18.2. The van der Waals surface area contributed by atoms with Crippen molar-refractivity contribution in [2.24, 2.45) is 0 Å². The van der Waals surface area contributed by atoms with Crippen LogP contribution in [0.3, 0.4) is 0 Å². The smallest absolute Gasteiger partial charge is 0.341 e. The molecule has 132 valence electrons. The monoisotopic (exact) mass is 360 g/mol. The third-order valence-electron chi connectivity index (χ3n) is 1.95. The van der Waals surface area contributed by atoms with E-state index in [1.807, 2.05) is 0 Å². The van der Waals surface area contributed by atoms with Gasteiger partial charge in [0.05, 0.1) is 19.5 Å². The van der Waals surface area contributed by atoms with Crippen molar-refractivity contribution in [1.82, 2.24) is 0 Å². The fraction of sp³-hybridized carbons (Fsp3) is 0.417. The van der Waals surface area contributed by atoms with Crippen LogP contribution in [-0.4, -0.2) is 50.1 Å². The Morgan fingerprint density at radius 2 is 1.78 bits per heavy atom. The van der Waals surface area contributed by atoms with Crippen LogP contribution in [0, 0.1) is 17.5 Å². The number of carbonyl (C=O) groups excluding carboxylic acids is 1. The lowest BCUT2D eigenvalue weighted by atomic mass is 10.2. The van der Waals surface area contributed by atoms with Crippen LogP contribution in [-0.2, 0) is 14.9 Å². The van der Waals surface area contributed by atoms with Crippen molar-refractivity contribution in [3.8, 4) is 5.75 Å². The lowest BCUT2D eigenvalue weighted by Gasteiger charge is -2.10. The van der Waals surface area contributed by atoms with Gasteiger partial charge in [-0.25, -0.2) is 13.6 Å². The van der Waals surface area contributed by atoms with E-state index >= 15 is 0 Å². The Morgan fingerprint density at radius 3 is 2.22 bits per heavy atom. The van der Waals surface area contributed by atoms with Gasteiger partial charge in [-0.15, -0.1) is 0 Å². The number of esters is 1. The highest BCUT2D eigenvalue weighted by molar-refractivity contribution is 7.85. The topological polar surface area (TPSA) is 110 Å². The summed E-state index contributed by atoms with van der Waals surface area (Å²) in [6.07, 6.45) is 0.715. The second kappa shape index (κ2) is 9.33. The number of aliphatic hydroxyl groups is 1. The molecule has 0 fully saturated rings. The first-order valence-corrected chi connectivity index (χ1v) is 7.88. The number of hydrogen-bond donors (Lipinski definition) is 2. The third kappa shape index (κ3) is 7.81. The first kappa shape index (κ1) is 21.1. The largest absolute Gasteiger partial charge is 0.488 e. The van der Waals surface area contributed by atoms with E-state index in [0.717, 1.165) is 0 Å². The minimum atomic E-state index is -3.67. The molecule has 0 aliphatic heterocycles. The van der Waals surface area contributed by atoms with E-state index in [-0.39, 0.29) is 13.2 Å². The number of halogens is 3. The van der Waals surface area contributed by atoms with Gasteiger partial charge in [0.1, 0.15) is 12.2 Å². The Balaban J connectivity index is 0.000000841. The molecule has 0 heterocycles. The maximum atomic E-state index is 13.7. The summed E-state index contributed by atoms with van der Waals surface area (Å²) in [7, 11) is -3.67. The zero-order valence-electron chi connectivity index (χ0n) is 12.2.